The van der Waals surface area contributed by atoms with Crippen molar-refractivity contribution < 1.29 is 9.90 Å². The van der Waals surface area contributed by atoms with Crippen LogP contribution in [-0.2, 0) is 11.3 Å². The van der Waals surface area contributed by atoms with Crippen LogP contribution in [0.15, 0.2) is 48.8 Å². The quantitative estimate of drug-likeness (QED) is 0.874. The van der Waals surface area contributed by atoms with Crippen molar-refractivity contribution in [3.63, 3.8) is 0 Å². The number of carbonyl (C=O) groups excluding carboxylic acids is 1. The maximum absolute atomic E-state index is 12.7. The van der Waals surface area contributed by atoms with E-state index in [9.17, 15) is 9.90 Å². The number of aliphatic hydroxyl groups is 1. The maximum atomic E-state index is 12.7. The summed E-state index contributed by atoms with van der Waals surface area (Å²) in [4.78, 5) is 19.3. The number of pyridine rings is 1. The lowest BCUT2D eigenvalue weighted by Crippen LogP contribution is -2.43. The molecule has 3 aliphatic rings. The van der Waals surface area contributed by atoms with Crippen molar-refractivity contribution in [3.8, 4) is 0 Å². The summed E-state index contributed by atoms with van der Waals surface area (Å²) in [5.41, 5.74) is 3.95. The van der Waals surface area contributed by atoms with E-state index in [1.807, 2.05) is 12.4 Å². The van der Waals surface area contributed by atoms with E-state index in [1.165, 1.54) is 16.7 Å². The Bertz CT molecular complexity index is 834. The number of nitrogens with one attached hydrogen (secondary N) is 1. The monoisotopic (exact) mass is 363 g/mol. The standard InChI is InChI=1S/C22H25N3O2/c26-16-9-15(10-16)22(27)24-21-18-4-2-1-3-17(18)19-12-25(13-20(19)21)11-14-5-7-23-8-6-14/h1-8,15-16,19-21,26H,9-13H2,(H,24,27)/t15?,16?,19-,20-,21+/m0/s1. The minimum atomic E-state index is -0.299. The fourth-order valence-electron chi connectivity index (χ4n) is 5.08. The highest BCUT2D eigenvalue weighted by Gasteiger charge is 2.47. The number of hydrogen-bond acceptors (Lipinski definition) is 4. The maximum Gasteiger partial charge on any atom is 0.223 e. The molecule has 5 heteroatoms. The molecule has 0 bridgehead atoms. The van der Waals surface area contributed by atoms with Gasteiger partial charge >= 0.3 is 0 Å². The smallest absolute Gasteiger partial charge is 0.223 e. The normalized spacial score (nSPS) is 31.8. The van der Waals surface area contributed by atoms with Gasteiger partial charge in [0.2, 0.25) is 5.91 Å². The zero-order valence-corrected chi connectivity index (χ0v) is 15.3. The van der Waals surface area contributed by atoms with Gasteiger partial charge in [0.25, 0.3) is 0 Å². The van der Waals surface area contributed by atoms with Gasteiger partial charge in [-0.05, 0) is 41.7 Å². The number of nitrogens with zero attached hydrogens (tertiary/aromatic N) is 2. The first-order valence-corrected chi connectivity index (χ1v) is 9.87. The van der Waals surface area contributed by atoms with Gasteiger partial charge in [0.1, 0.15) is 0 Å². The molecule has 1 aromatic heterocycles. The van der Waals surface area contributed by atoms with Gasteiger partial charge in [-0.25, -0.2) is 0 Å². The van der Waals surface area contributed by atoms with E-state index in [4.69, 9.17) is 0 Å². The molecule has 0 unspecified atom stereocenters. The molecule has 0 radical (unpaired) electrons. The molecule has 1 saturated carbocycles. The van der Waals surface area contributed by atoms with Crippen molar-refractivity contribution in [3.05, 3.63) is 65.5 Å². The molecule has 1 aliphatic heterocycles. The van der Waals surface area contributed by atoms with Gasteiger partial charge in [0, 0.05) is 49.8 Å². The van der Waals surface area contributed by atoms with E-state index < -0.39 is 0 Å². The van der Waals surface area contributed by atoms with Crippen LogP contribution in [0.2, 0.25) is 0 Å². The average molecular weight is 363 g/mol. The summed E-state index contributed by atoms with van der Waals surface area (Å²) in [5, 5.41) is 12.8. The Morgan fingerprint density at radius 2 is 1.85 bits per heavy atom. The molecule has 3 atom stereocenters. The average Bonchev–Trinajstić information content (AvgIpc) is 3.18. The largest absolute Gasteiger partial charge is 0.393 e. The number of carbonyl (C=O) groups is 1. The Morgan fingerprint density at radius 3 is 2.59 bits per heavy atom. The zero-order chi connectivity index (χ0) is 18.4. The molecule has 2 aromatic rings. The topological polar surface area (TPSA) is 65.5 Å². The van der Waals surface area contributed by atoms with E-state index in [0.717, 1.165) is 19.6 Å². The van der Waals surface area contributed by atoms with E-state index >= 15 is 0 Å². The number of rotatable bonds is 4. The van der Waals surface area contributed by atoms with Crippen molar-refractivity contribution in [2.75, 3.05) is 13.1 Å². The van der Waals surface area contributed by atoms with Crippen LogP contribution in [0.3, 0.4) is 0 Å². The van der Waals surface area contributed by atoms with Crippen molar-refractivity contribution in [2.45, 2.75) is 37.5 Å². The van der Waals surface area contributed by atoms with E-state index in [2.05, 4.69) is 51.6 Å². The molecule has 2 aliphatic carbocycles. The minimum Gasteiger partial charge on any atom is -0.393 e. The molecule has 140 valence electrons. The Hall–Kier alpha value is -2.24. The fourth-order valence-corrected chi connectivity index (χ4v) is 5.08. The molecule has 27 heavy (non-hydrogen) atoms. The highest BCUT2D eigenvalue weighted by Crippen LogP contribution is 2.49. The molecule has 1 aromatic carbocycles. The van der Waals surface area contributed by atoms with Crippen molar-refractivity contribution in [2.24, 2.45) is 11.8 Å². The highest BCUT2D eigenvalue weighted by atomic mass is 16.3. The number of fused-ring (bicyclic) bond motifs is 3. The van der Waals surface area contributed by atoms with Crippen LogP contribution in [0.4, 0.5) is 0 Å². The fraction of sp³-hybridized carbons (Fsp3) is 0.455. The number of benzene rings is 1. The first kappa shape index (κ1) is 16.9. The Balaban J connectivity index is 1.34. The summed E-state index contributed by atoms with van der Waals surface area (Å²) >= 11 is 0. The molecule has 2 N–H and O–H groups in total. The third-order valence-electron chi connectivity index (χ3n) is 6.54. The summed E-state index contributed by atoms with van der Waals surface area (Å²) in [6, 6.07) is 12.8. The van der Waals surface area contributed by atoms with Crippen molar-refractivity contribution in [1.29, 1.82) is 0 Å². The van der Waals surface area contributed by atoms with E-state index in [1.54, 1.807) is 0 Å². The van der Waals surface area contributed by atoms with Crippen molar-refractivity contribution >= 4 is 5.91 Å². The predicted octanol–water partition coefficient (Wildman–Crippen LogP) is 2.24. The summed E-state index contributed by atoms with van der Waals surface area (Å²) in [7, 11) is 0. The van der Waals surface area contributed by atoms with Gasteiger partial charge in [0.15, 0.2) is 0 Å². The molecular weight excluding hydrogens is 338 g/mol. The summed E-state index contributed by atoms with van der Waals surface area (Å²) < 4.78 is 0. The van der Waals surface area contributed by atoms with Crippen LogP contribution in [0.5, 0.6) is 0 Å². The molecular formula is C22H25N3O2. The Labute approximate surface area is 159 Å². The minimum absolute atomic E-state index is 0.0273. The van der Waals surface area contributed by atoms with Gasteiger partial charge in [-0.15, -0.1) is 0 Å². The second-order valence-electron chi connectivity index (χ2n) is 8.26. The van der Waals surface area contributed by atoms with Crippen LogP contribution in [0, 0.1) is 11.8 Å². The van der Waals surface area contributed by atoms with E-state index in [0.29, 0.717) is 24.7 Å². The Kier molecular flexibility index (Phi) is 4.21. The Morgan fingerprint density at radius 1 is 1.11 bits per heavy atom. The van der Waals surface area contributed by atoms with E-state index in [-0.39, 0.29) is 24.0 Å². The van der Waals surface area contributed by atoms with Crippen molar-refractivity contribution in [1.82, 2.24) is 15.2 Å². The van der Waals surface area contributed by atoms with Crippen LogP contribution in [0.1, 0.15) is 41.5 Å². The summed E-state index contributed by atoms with van der Waals surface area (Å²) in [6.45, 7) is 2.94. The lowest BCUT2D eigenvalue weighted by molar-refractivity contribution is -0.132. The zero-order valence-electron chi connectivity index (χ0n) is 15.3. The third kappa shape index (κ3) is 3.05. The number of amides is 1. The lowest BCUT2D eigenvalue weighted by Gasteiger charge is -2.32. The number of aromatic nitrogens is 1. The summed E-state index contributed by atoms with van der Waals surface area (Å²) in [5.74, 6) is 0.965. The molecule has 0 spiro atoms. The SMILES string of the molecule is O=C(N[C@@H]1c2ccccc2[C@@H]2CN(Cc3ccncc3)C[C@H]12)C1CC(O)C1. The van der Waals surface area contributed by atoms with Gasteiger partial charge in [-0.2, -0.15) is 0 Å². The third-order valence-corrected chi connectivity index (χ3v) is 6.54. The molecule has 1 amide bonds. The van der Waals surface area contributed by atoms with Gasteiger partial charge < -0.3 is 10.4 Å². The number of hydrogen-bond donors (Lipinski definition) is 2. The van der Waals surface area contributed by atoms with Crippen LogP contribution < -0.4 is 5.32 Å². The lowest BCUT2D eigenvalue weighted by atomic mass is 9.81. The van der Waals surface area contributed by atoms with Crippen LogP contribution >= 0.6 is 0 Å². The van der Waals surface area contributed by atoms with Gasteiger partial charge in [0.05, 0.1) is 12.1 Å². The molecule has 2 fully saturated rings. The molecule has 1 saturated heterocycles. The molecule has 5 nitrogen and oxygen atoms in total. The number of aliphatic hydroxyl groups excluding tert-OH is 1. The second-order valence-corrected chi connectivity index (χ2v) is 8.26. The predicted molar refractivity (Wildman–Crippen MR) is 102 cm³/mol. The van der Waals surface area contributed by atoms with Gasteiger partial charge in [-0.1, -0.05) is 24.3 Å². The van der Waals surface area contributed by atoms with Crippen LogP contribution in [-0.4, -0.2) is 40.1 Å². The van der Waals surface area contributed by atoms with Gasteiger partial charge in [-0.3, -0.25) is 14.7 Å². The van der Waals surface area contributed by atoms with Crippen LogP contribution in [0.25, 0.3) is 0 Å². The second kappa shape index (κ2) is 6.73. The molecule has 2 heterocycles. The summed E-state index contributed by atoms with van der Waals surface area (Å²) in [6.07, 6.45) is 4.59. The highest BCUT2D eigenvalue weighted by molar-refractivity contribution is 5.80. The molecule has 5 rings (SSSR count). The first-order valence-electron chi connectivity index (χ1n) is 9.87. The number of likely N-dealkylation sites (tertiary alicyclic amines) is 1. The first-order chi connectivity index (χ1) is 13.2.